The van der Waals surface area contributed by atoms with Gasteiger partial charge >= 0.3 is 0 Å². The molecule has 2 aliphatic rings. The van der Waals surface area contributed by atoms with Gasteiger partial charge in [0.2, 0.25) is 5.79 Å². The molecule has 4 rings (SSSR count). The Balaban J connectivity index is 1.59. The molecule has 0 spiro atoms. The van der Waals surface area contributed by atoms with Gasteiger partial charge in [0.15, 0.2) is 0 Å². The normalized spacial score (nSPS) is 33.7. The summed E-state index contributed by atoms with van der Waals surface area (Å²) in [5.41, 5.74) is 2.61. The number of hydrogen-bond acceptors (Lipinski definition) is 7. The Morgan fingerprint density at radius 2 is 1.80 bits per heavy atom. The number of benzene rings is 2. The summed E-state index contributed by atoms with van der Waals surface area (Å²) < 4.78 is 11.5. The van der Waals surface area contributed by atoms with E-state index in [-0.39, 0.29) is 11.7 Å². The van der Waals surface area contributed by atoms with Crippen LogP contribution in [0.3, 0.4) is 0 Å². The lowest BCUT2D eigenvalue weighted by Crippen LogP contribution is -2.63. The molecular weight excluding hydrogens is 412 g/mol. The van der Waals surface area contributed by atoms with Crippen LogP contribution >= 0.6 is 11.6 Å². The first-order valence-corrected chi connectivity index (χ1v) is 10.3. The van der Waals surface area contributed by atoms with Gasteiger partial charge in [-0.05, 0) is 36.1 Å². The first kappa shape index (κ1) is 21.5. The summed E-state index contributed by atoms with van der Waals surface area (Å²) in [6.45, 7) is -0.647. The van der Waals surface area contributed by atoms with Gasteiger partial charge in [0.1, 0.15) is 36.3 Å². The van der Waals surface area contributed by atoms with E-state index in [0.29, 0.717) is 10.8 Å². The number of fused-ring (bicyclic) bond motifs is 1. The third kappa shape index (κ3) is 3.83. The molecule has 1 aliphatic heterocycles. The highest BCUT2D eigenvalue weighted by Crippen LogP contribution is 2.39. The number of hydrogen-bond donors (Lipinski definition) is 5. The van der Waals surface area contributed by atoms with Crippen LogP contribution in [0.5, 0.6) is 5.75 Å². The Labute approximate surface area is 179 Å². The Kier molecular flexibility index (Phi) is 6.05. The molecule has 8 heteroatoms. The Bertz CT molecular complexity index is 905. The van der Waals surface area contributed by atoms with E-state index in [2.05, 4.69) is 12.1 Å². The highest BCUT2D eigenvalue weighted by atomic mass is 35.5. The molecule has 2 aromatic carbocycles. The van der Waals surface area contributed by atoms with Crippen molar-refractivity contribution >= 4 is 11.6 Å². The average molecular weight is 437 g/mol. The van der Waals surface area contributed by atoms with Crippen molar-refractivity contribution in [3.8, 4) is 5.75 Å². The quantitative estimate of drug-likeness (QED) is 0.483. The molecule has 1 fully saturated rings. The van der Waals surface area contributed by atoms with Crippen LogP contribution in [-0.2, 0) is 23.4 Å². The van der Waals surface area contributed by atoms with Crippen molar-refractivity contribution in [2.24, 2.45) is 0 Å². The molecule has 162 valence electrons. The minimum Gasteiger partial charge on any atom is -0.489 e. The summed E-state index contributed by atoms with van der Waals surface area (Å²) in [5.74, 6) is -2.04. The fraction of sp³-hybridized carbons (Fsp3) is 0.455. The van der Waals surface area contributed by atoms with Crippen molar-refractivity contribution in [3.05, 3.63) is 64.2 Å². The zero-order valence-electron chi connectivity index (χ0n) is 16.2. The molecule has 1 aliphatic carbocycles. The van der Waals surface area contributed by atoms with Crippen molar-refractivity contribution in [2.45, 2.75) is 55.6 Å². The molecule has 5 N–H and O–H groups in total. The van der Waals surface area contributed by atoms with Crippen LogP contribution in [0.1, 0.15) is 23.1 Å². The number of halogens is 1. The molecule has 6 atom stereocenters. The topological polar surface area (TPSA) is 120 Å². The highest BCUT2D eigenvalue weighted by molar-refractivity contribution is 6.32. The van der Waals surface area contributed by atoms with E-state index >= 15 is 0 Å². The van der Waals surface area contributed by atoms with E-state index in [9.17, 15) is 25.5 Å². The second kappa shape index (κ2) is 8.43. The predicted octanol–water partition coefficient (Wildman–Crippen LogP) is 0.895. The summed E-state index contributed by atoms with van der Waals surface area (Å²) >= 11 is 6.30. The van der Waals surface area contributed by atoms with Crippen molar-refractivity contribution in [2.75, 3.05) is 6.61 Å². The molecule has 2 aromatic rings. The highest BCUT2D eigenvalue weighted by Gasteiger charge is 2.53. The Hall–Kier alpha value is -1.71. The molecule has 30 heavy (non-hydrogen) atoms. The molecule has 0 bridgehead atoms. The van der Waals surface area contributed by atoms with Gasteiger partial charge in [0.05, 0.1) is 11.6 Å². The summed E-state index contributed by atoms with van der Waals surface area (Å²) in [4.78, 5) is 0. The Morgan fingerprint density at radius 3 is 2.53 bits per heavy atom. The standard InChI is InChI=1S/C22H25ClO7/c23-16-8-6-14(22(28)21(27)20(26)19(25)18(11-24)30-22)10-17(16)29-15-7-5-12-3-1-2-4-13(12)9-15/h1-4,6,8,10,15,18-21,24-28H,5,7,9,11H2/t15?,18-,19-,20+,21-,22+/m1/s1. The molecule has 1 saturated heterocycles. The first-order chi connectivity index (χ1) is 14.3. The van der Waals surface area contributed by atoms with Gasteiger partial charge in [0, 0.05) is 12.0 Å². The maximum Gasteiger partial charge on any atom is 0.222 e. The van der Waals surface area contributed by atoms with Crippen molar-refractivity contribution in [3.63, 3.8) is 0 Å². The Morgan fingerprint density at radius 1 is 1.07 bits per heavy atom. The summed E-state index contributed by atoms with van der Waals surface area (Å²) in [7, 11) is 0. The SMILES string of the molecule is OC[C@H]1O[C@@](O)(c2ccc(Cl)c(OC3CCc4ccccc4C3)c2)[C@H](O)[C@@H](O)[C@@H]1O. The van der Waals surface area contributed by atoms with Crippen molar-refractivity contribution < 1.29 is 35.0 Å². The third-order valence-corrected chi connectivity index (χ3v) is 6.22. The van der Waals surface area contributed by atoms with Gasteiger partial charge in [-0.15, -0.1) is 0 Å². The van der Waals surface area contributed by atoms with Crippen molar-refractivity contribution in [1.82, 2.24) is 0 Å². The lowest BCUT2D eigenvalue weighted by Gasteiger charge is -2.45. The fourth-order valence-corrected chi connectivity index (χ4v) is 4.32. The number of aliphatic hydroxyl groups is 5. The van der Waals surface area contributed by atoms with Crippen LogP contribution in [0, 0.1) is 0 Å². The average Bonchev–Trinajstić information content (AvgIpc) is 2.76. The minimum absolute atomic E-state index is 0.0926. The number of ether oxygens (including phenoxy) is 2. The van der Waals surface area contributed by atoms with Gasteiger partial charge in [0.25, 0.3) is 0 Å². The predicted molar refractivity (Wildman–Crippen MR) is 108 cm³/mol. The van der Waals surface area contributed by atoms with Crippen molar-refractivity contribution in [1.29, 1.82) is 0 Å². The molecule has 7 nitrogen and oxygen atoms in total. The monoisotopic (exact) mass is 436 g/mol. The number of aliphatic hydroxyl groups excluding tert-OH is 4. The largest absolute Gasteiger partial charge is 0.489 e. The third-order valence-electron chi connectivity index (χ3n) is 5.91. The number of aryl methyl sites for hydroxylation is 1. The van der Waals surface area contributed by atoms with Gasteiger partial charge in [-0.25, -0.2) is 0 Å². The van der Waals surface area contributed by atoms with Gasteiger partial charge in [-0.2, -0.15) is 0 Å². The summed E-state index contributed by atoms with van der Waals surface area (Å²) in [5, 5.41) is 51.2. The van der Waals surface area contributed by atoms with Crippen LogP contribution in [0.25, 0.3) is 0 Å². The van der Waals surface area contributed by atoms with Crippen LogP contribution in [-0.4, -0.2) is 62.7 Å². The lowest BCUT2D eigenvalue weighted by molar-refractivity contribution is -0.357. The molecule has 1 unspecified atom stereocenters. The van der Waals surface area contributed by atoms with Crippen LogP contribution in [0.2, 0.25) is 5.02 Å². The second-order valence-corrected chi connectivity index (χ2v) is 8.27. The zero-order valence-corrected chi connectivity index (χ0v) is 16.9. The summed E-state index contributed by atoms with van der Waals surface area (Å²) in [6.07, 6.45) is -4.08. The maximum atomic E-state index is 11.0. The molecular formula is C22H25ClO7. The minimum atomic E-state index is -2.35. The van der Waals surface area contributed by atoms with Crippen LogP contribution in [0.15, 0.2) is 42.5 Å². The molecule has 0 aromatic heterocycles. The maximum absolute atomic E-state index is 11.0. The van der Waals surface area contributed by atoms with E-state index < -0.39 is 36.8 Å². The summed E-state index contributed by atoms with van der Waals surface area (Å²) in [6, 6.07) is 12.6. The first-order valence-electron chi connectivity index (χ1n) is 9.92. The van der Waals surface area contributed by atoms with E-state index in [0.717, 1.165) is 19.3 Å². The smallest absolute Gasteiger partial charge is 0.222 e. The molecule has 0 amide bonds. The lowest BCUT2D eigenvalue weighted by atomic mass is 9.88. The van der Waals surface area contributed by atoms with Gasteiger partial charge in [-0.1, -0.05) is 41.9 Å². The van der Waals surface area contributed by atoms with Crippen LogP contribution < -0.4 is 4.74 Å². The fourth-order valence-electron chi connectivity index (χ4n) is 4.15. The van der Waals surface area contributed by atoms with Gasteiger partial charge in [-0.3, -0.25) is 0 Å². The van der Waals surface area contributed by atoms with E-state index in [1.165, 1.54) is 29.3 Å². The van der Waals surface area contributed by atoms with E-state index in [1.54, 1.807) is 0 Å². The van der Waals surface area contributed by atoms with Crippen LogP contribution in [0.4, 0.5) is 0 Å². The van der Waals surface area contributed by atoms with Gasteiger partial charge < -0.3 is 35.0 Å². The zero-order chi connectivity index (χ0) is 21.5. The van der Waals surface area contributed by atoms with E-state index in [4.69, 9.17) is 21.1 Å². The molecule has 1 heterocycles. The molecule has 0 saturated carbocycles. The number of rotatable bonds is 4. The molecule has 0 radical (unpaired) electrons. The second-order valence-electron chi connectivity index (χ2n) is 7.86. The van der Waals surface area contributed by atoms with E-state index in [1.807, 2.05) is 12.1 Å².